The number of aliphatic hydroxyl groups is 1. The largest absolute Gasteiger partial charge is 0.491 e. The van der Waals surface area contributed by atoms with Crippen molar-refractivity contribution in [2.24, 2.45) is 0 Å². The van der Waals surface area contributed by atoms with Crippen molar-refractivity contribution in [3.8, 4) is 23.0 Å². The Morgan fingerprint density at radius 1 is 0.600 bits per heavy atom. The molecule has 4 nitrogen and oxygen atoms in total. The molecule has 0 radical (unpaired) electrons. The van der Waals surface area contributed by atoms with E-state index in [0.29, 0.717) is 11.5 Å². The van der Waals surface area contributed by atoms with Gasteiger partial charge in [0.2, 0.25) is 0 Å². The van der Waals surface area contributed by atoms with Gasteiger partial charge >= 0.3 is 0 Å². The topological polar surface area (TPSA) is 47.9 Å². The third kappa shape index (κ3) is 5.55. The number of hydrogen-bond acceptors (Lipinski definition) is 4. The Morgan fingerprint density at radius 3 is 1.80 bits per heavy atom. The van der Waals surface area contributed by atoms with Crippen LogP contribution in [0, 0.1) is 0 Å². The highest BCUT2D eigenvalue weighted by Gasteiger charge is 2.07. The van der Waals surface area contributed by atoms with Gasteiger partial charge in [-0.2, -0.15) is 0 Å². The molecular formula is C21H20O4. The van der Waals surface area contributed by atoms with Gasteiger partial charge in [0.15, 0.2) is 0 Å². The van der Waals surface area contributed by atoms with Gasteiger partial charge < -0.3 is 19.3 Å². The molecule has 0 fully saturated rings. The van der Waals surface area contributed by atoms with E-state index >= 15 is 0 Å². The summed E-state index contributed by atoms with van der Waals surface area (Å²) in [5, 5.41) is 10.00. The molecule has 0 aliphatic heterocycles. The maximum atomic E-state index is 10.00. The van der Waals surface area contributed by atoms with E-state index in [2.05, 4.69) is 0 Å². The third-order valence-electron chi connectivity index (χ3n) is 3.41. The monoisotopic (exact) mass is 336 g/mol. The Bertz CT molecular complexity index is 759. The molecule has 0 saturated heterocycles. The minimum Gasteiger partial charge on any atom is -0.491 e. The summed E-state index contributed by atoms with van der Waals surface area (Å²) >= 11 is 0. The summed E-state index contributed by atoms with van der Waals surface area (Å²) < 4.78 is 16.9. The van der Waals surface area contributed by atoms with Gasteiger partial charge in [0.25, 0.3) is 0 Å². The molecule has 0 heterocycles. The van der Waals surface area contributed by atoms with Crippen LogP contribution in [0.5, 0.6) is 23.0 Å². The lowest BCUT2D eigenvalue weighted by atomic mass is 10.3. The second-order valence-electron chi connectivity index (χ2n) is 5.48. The molecule has 0 amide bonds. The standard InChI is InChI=1S/C21H20O4/c22-17(15-23-18-8-3-1-4-9-18)16-24-20-12-7-13-21(14-20)25-19-10-5-2-6-11-19/h1-14,17,22H,15-16H2. The summed E-state index contributed by atoms with van der Waals surface area (Å²) in [5.41, 5.74) is 0. The molecule has 4 heteroatoms. The van der Waals surface area contributed by atoms with Crippen LogP contribution < -0.4 is 14.2 Å². The van der Waals surface area contributed by atoms with Crippen molar-refractivity contribution in [2.75, 3.05) is 13.2 Å². The fourth-order valence-corrected chi connectivity index (χ4v) is 2.20. The van der Waals surface area contributed by atoms with E-state index in [-0.39, 0.29) is 13.2 Å². The maximum Gasteiger partial charge on any atom is 0.131 e. The Kier molecular flexibility index (Phi) is 5.91. The molecule has 1 atom stereocenters. The van der Waals surface area contributed by atoms with Crippen LogP contribution in [0.4, 0.5) is 0 Å². The Morgan fingerprint density at radius 2 is 1.12 bits per heavy atom. The van der Waals surface area contributed by atoms with Gasteiger partial charge in [-0.25, -0.2) is 0 Å². The highest BCUT2D eigenvalue weighted by molar-refractivity contribution is 5.36. The van der Waals surface area contributed by atoms with Crippen molar-refractivity contribution < 1.29 is 19.3 Å². The lowest BCUT2D eigenvalue weighted by Crippen LogP contribution is -2.25. The molecule has 1 N–H and O–H groups in total. The van der Waals surface area contributed by atoms with Crippen LogP contribution in [0.1, 0.15) is 0 Å². The van der Waals surface area contributed by atoms with Crippen LogP contribution in [0.25, 0.3) is 0 Å². The molecule has 25 heavy (non-hydrogen) atoms. The molecule has 1 unspecified atom stereocenters. The molecule has 0 aromatic heterocycles. The number of benzene rings is 3. The minimum atomic E-state index is -0.723. The molecule has 0 bridgehead atoms. The number of rotatable bonds is 8. The molecule has 0 aliphatic carbocycles. The van der Waals surface area contributed by atoms with Crippen molar-refractivity contribution in [1.29, 1.82) is 0 Å². The molecule has 128 valence electrons. The van der Waals surface area contributed by atoms with Crippen molar-refractivity contribution in [3.63, 3.8) is 0 Å². The van der Waals surface area contributed by atoms with Gasteiger partial charge in [-0.15, -0.1) is 0 Å². The first kappa shape index (κ1) is 16.9. The summed E-state index contributed by atoms with van der Waals surface area (Å²) in [6.07, 6.45) is -0.723. The predicted molar refractivity (Wildman–Crippen MR) is 96.4 cm³/mol. The number of aliphatic hydroxyl groups excluding tert-OH is 1. The lowest BCUT2D eigenvalue weighted by molar-refractivity contribution is 0.0626. The van der Waals surface area contributed by atoms with Crippen LogP contribution in [-0.4, -0.2) is 24.4 Å². The second kappa shape index (κ2) is 8.76. The number of hydrogen-bond donors (Lipinski definition) is 1. The van der Waals surface area contributed by atoms with Crippen molar-refractivity contribution in [2.45, 2.75) is 6.10 Å². The minimum absolute atomic E-state index is 0.140. The van der Waals surface area contributed by atoms with Crippen LogP contribution in [0.15, 0.2) is 84.9 Å². The van der Waals surface area contributed by atoms with E-state index in [4.69, 9.17) is 14.2 Å². The molecule has 0 spiro atoms. The normalized spacial score (nSPS) is 11.6. The predicted octanol–water partition coefficient (Wildman–Crippen LogP) is 4.30. The summed E-state index contributed by atoms with van der Waals surface area (Å²) in [6.45, 7) is 0.311. The molecule has 0 aliphatic rings. The van der Waals surface area contributed by atoms with E-state index in [1.807, 2.05) is 78.9 Å². The molecular weight excluding hydrogens is 316 g/mol. The lowest BCUT2D eigenvalue weighted by Gasteiger charge is -2.14. The Labute approximate surface area is 147 Å². The zero-order chi connectivity index (χ0) is 17.3. The van der Waals surface area contributed by atoms with Gasteiger partial charge in [-0.1, -0.05) is 42.5 Å². The summed E-state index contributed by atoms with van der Waals surface area (Å²) in [4.78, 5) is 0. The van der Waals surface area contributed by atoms with E-state index < -0.39 is 6.10 Å². The van der Waals surface area contributed by atoms with Gasteiger partial charge in [-0.05, 0) is 36.4 Å². The number of ether oxygens (including phenoxy) is 3. The average molecular weight is 336 g/mol. The van der Waals surface area contributed by atoms with Gasteiger partial charge in [-0.3, -0.25) is 0 Å². The summed E-state index contributed by atoms with van der Waals surface area (Å²) in [5.74, 6) is 2.79. The smallest absolute Gasteiger partial charge is 0.131 e. The zero-order valence-electron chi connectivity index (χ0n) is 13.7. The van der Waals surface area contributed by atoms with Crippen LogP contribution in [0.3, 0.4) is 0 Å². The van der Waals surface area contributed by atoms with E-state index in [0.717, 1.165) is 11.5 Å². The molecule has 3 rings (SSSR count). The first-order valence-electron chi connectivity index (χ1n) is 8.11. The van der Waals surface area contributed by atoms with Crippen molar-refractivity contribution in [1.82, 2.24) is 0 Å². The molecule has 3 aromatic carbocycles. The summed E-state index contributed by atoms with van der Waals surface area (Å²) in [7, 11) is 0. The van der Waals surface area contributed by atoms with Crippen LogP contribution in [-0.2, 0) is 0 Å². The Hall–Kier alpha value is -2.98. The zero-order valence-corrected chi connectivity index (χ0v) is 13.7. The molecule has 0 saturated carbocycles. The van der Waals surface area contributed by atoms with E-state index in [9.17, 15) is 5.11 Å². The Balaban J connectivity index is 1.48. The fourth-order valence-electron chi connectivity index (χ4n) is 2.20. The van der Waals surface area contributed by atoms with Crippen LogP contribution >= 0.6 is 0 Å². The van der Waals surface area contributed by atoms with Gasteiger partial charge in [0.05, 0.1) is 0 Å². The van der Waals surface area contributed by atoms with E-state index in [1.165, 1.54) is 0 Å². The second-order valence-corrected chi connectivity index (χ2v) is 5.48. The fraction of sp³-hybridized carbons (Fsp3) is 0.143. The molecule has 3 aromatic rings. The summed E-state index contributed by atoms with van der Waals surface area (Å²) in [6, 6.07) is 26.2. The third-order valence-corrected chi connectivity index (χ3v) is 3.41. The van der Waals surface area contributed by atoms with Crippen LogP contribution in [0.2, 0.25) is 0 Å². The van der Waals surface area contributed by atoms with E-state index in [1.54, 1.807) is 6.07 Å². The van der Waals surface area contributed by atoms with Gasteiger partial charge in [0.1, 0.15) is 42.3 Å². The first-order chi connectivity index (χ1) is 12.3. The average Bonchev–Trinajstić information content (AvgIpc) is 2.67. The van der Waals surface area contributed by atoms with Gasteiger partial charge in [0, 0.05) is 6.07 Å². The maximum absolute atomic E-state index is 10.00. The quantitative estimate of drug-likeness (QED) is 0.666. The van der Waals surface area contributed by atoms with Crippen molar-refractivity contribution in [3.05, 3.63) is 84.9 Å². The highest BCUT2D eigenvalue weighted by Crippen LogP contribution is 2.25. The number of para-hydroxylation sites is 2. The highest BCUT2D eigenvalue weighted by atomic mass is 16.5. The SMILES string of the molecule is OC(COc1ccccc1)COc1cccc(Oc2ccccc2)c1. The first-order valence-corrected chi connectivity index (χ1v) is 8.11. The van der Waals surface area contributed by atoms with Crippen molar-refractivity contribution >= 4 is 0 Å².